The number of carbonyl (C=O) groups excluding carboxylic acids is 1. The van der Waals surface area contributed by atoms with E-state index in [1.165, 1.54) is 11.3 Å². The van der Waals surface area contributed by atoms with Gasteiger partial charge in [0.25, 0.3) is 0 Å². The highest BCUT2D eigenvalue weighted by atomic mass is 35.5. The molecular weight excluding hydrogens is 326 g/mol. The van der Waals surface area contributed by atoms with Gasteiger partial charge in [-0.15, -0.1) is 0 Å². The number of hydrogen-bond donors (Lipinski definition) is 3. The van der Waals surface area contributed by atoms with Gasteiger partial charge in [-0.05, 0) is 35.7 Å². The van der Waals surface area contributed by atoms with Gasteiger partial charge in [-0.1, -0.05) is 35.9 Å². The number of likely N-dealkylation sites (N-methyl/N-ethyl adjacent to an activating group) is 1. The van der Waals surface area contributed by atoms with Gasteiger partial charge in [-0.25, -0.2) is 4.79 Å². The maximum atomic E-state index is 11.9. The fourth-order valence-electron chi connectivity index (χ4n) is 2.83. The lowest BCUT2D eigenvalue weighted by Crippen LogP contribution is -2.32. The van der Waals surface area contributed by atoms with E-state index in [1.807, 2.05) is 18.2 Å². The predicted octanol–water partition coefficient (Wildman–Crippen LogP) is 3.19. The summed E-state index contributed by atoms with van der Waals surface area (Å²) >= 11 is 6.00. The van der Waals surface area contributed by atoms with Crippen LogP contribution in [0.25, 0.3) is 0 Å². The Labute approximate surface area is 146 Å². The number of urea groups is 1. The molecule has 0 aromatic heterocycles. The third kappa shape index (κ3) is 3.63. The van der Waals surface area contributed by atoms with E-state index in [4.69, 9.17) is 11.6 Å². The van der Waals surface area contributed by atoms with Gasteiger partial charge in [0.2, 0.25) is 0 Å². The molecule has 24 heavy (non-hydrogen) atoms. The lowest BCUT2D eigenvalue weighted by Gasteiger charge is -2.16. The van der Waals surface area contributed by atoms with Crippen molar-refractivity contribution in [3.63, 3.8) is 0 Å². The summed E-state index contributed by atoms with van der Waals surface area (Å²) in [5.41, 5.74) is 3.78. The standard InChI is InChI=1S/C18H20ClN3O2/c1-22-9-8-12-10-13(6-7-16(12)22)17(23)11-20-18(24)21-15-5-3-2-4-14(15)19/h2-7,10,17,23H,8-9,11H2,1H3,(H2,20,21,24)/t17-/m0/s1. The van der Waals surface area contributed by atoms with Crippen LogP contribution in [0.1, 0.15) is 17.2 Å². The van der Waals surface area contributed by atoms with Gasteiger partial charge >= 0.3 is 6.03 Å². The zero-order valence-corrected chi connectivity index (χ0v) is 14.2. The number of halogens is 1. The van der Waals surface area contributed by atoms with Crippen molar-refractivity contribution in [3.05, 3.63) is 58.6 Å². The van der Waals surface area contributed by atoms with Crippen molar-refractivity contribution in [2.24, 2.45) is 0 Å². The van der Waals surface area contributed by atoms with Crippen LogP contribution in [0.3, 0.4) is 0 Å². The molecule has 0 bridgehead atoms. The number of aliphatic hydroxyl groups excluding tert-OH is 1. The van der Waals surface area contributed by atoms with Crippen LogP contribution in [-0.4, -0.2) is 31.3 Å². The second-order valence-corrected chi connectivity index (χ2v) is 6.30. The molecule has 5 nitrogen and oxygen atoms in total. The summed E-state index contributed by atoms with van der Waals surface area (Å²) in [5, 5.41) is 16.1. The molecule has 3 N–H and O–H groups in total. The average molecular weight is 346 g/mol. The van der Waals surface area contributed by atoms with Crippen LogP contribution in [0.15, 0.2) is 42.5 Å². The maximum Gasteiger partial charge on any atom is 0.319 e. The summed E-state index contributed by atoms with van der Waals surface area (Å²) in [6.45, 7) is 1.12. The largest absolute Gasteiger partial charge is 0.387 e. The molecular formula is C18H20ClN3O2. The molecule has 1 atom stereocenters. The van der Waals surface area contributed by atoms with Gasteiger partial charge in [0.15, 0.2) is 0 Å². The summed E-state index contributed by atoms with van der Waals surface area (Å²) in [6.07, 6.45) is 0.227. The van der Waals surface area contributed by atoms with E-state index in [2.05, 4.69) is 22.6 Å². The molecule has 126 valence electrons. The predicted molar refractivity (Wildman–Crippen MR) is 96.8 cm³/mol. The Morgan fingerprint density at radius 2 is 2.12 bits per heavy atom. The highest BCUT2D eigenvalue weighted by Gasteiger charge is 2.18. The summed E-state index contributed by atoms with van der Waals surface area (Å²) in [5.74, 6) is 0. The molecule has 0 unspecified atom stereocenters. The van der Waals surface area contributed by atoms with E-state index in [9.17, 15) is 9.90 Å². The van der Waals surface area contributed by atoms with Crippen molar-refractivity contribution in [2.75, 3.05) is 30.4 Å². The Bertz CT molecular complexity index is 751. The molecule has 0 saturated carbocycles. The van der Waals surface area contributed by atoms with Crippen molar-refractivity contribution < 1.29 is 9.90 Å². The number of aliphatic hydroxyl groups is 1. The first-order chi connectivity index (χ1) is 11.5. The zero-order valence-electron chi connectivity index (χ0n) is 13.4. The lowest BCUT2D eigenvalue weighted by atomic mass is 10.0. The summed E-state index contributed by atoms with van der Waals surface area (Å²) in [6, 6.07) is 12.5. The van der Waals surface area contributed by atoms with E-state index < -0.39 is 12.1 Å². The Kier molecular flexibility index (Phi) is 4.92. The summed E-state index contributed by atoms with van der Waals surface area (Å²) < 4.78 is 0. The Morgan fingerprint density at radius 3 is 2.92 bits per heavy atom. The highest BCUT2D eigenvalue weighted by molar-refractivity contribution is 6.33. The molecule has 1 aliphatic rings. The molecule has 0 radical (unpaired) electrons. The number of fused-ring (bicyclic) bond motifs is 1. The lowest BCUT2D eigenvalue weighted by molar-refractivity contribution is 0.175. The van der Waals surface area contributed by atoms with E-state index in [1.54, 1.807) is 24.3 Å². The van der Waals surface area contributed by atoms with E-state index >= 15 is 0 Å². The third-order valence-electron chi connectivity index (χ3n) is 4.19. The number of carbonyl (C=O) groups is 1. The monoisotopic (exact) mass is 345 g/mol. The van der Waals surface area contributed by atoms with Crippen LogP contribution < -0.4 is 15.5 Å². The number of para-hydroxylation sites is 1. The number of hydrogen-bond acceptors (Lipinski definition) is 3. The fourth-order valence-corrected chi connectivity index (χ4v) is 3.01. The first-order valence-electron chi connectivity index (χ1n) is 7.86. The minimum atomic E-state index is -0.752. The van der Waals surface area contributed by atoms with Gasteiger partial charge < -0.3 is 20.6 Å². The van der Waals surface area contributed by atoms with Crippen LogP contribution in [0.4, 0.5) is 16.2 Å². The maximum absolute atomic E-state index is 11.9. The molecule has 2 aromatic carbocycles. The quantitative estimate of drug-likeness (QED) is 0.797. The topological polar surface area (TPSA) is 64.6 Å². The third-order valence-corrected chi connectivity index (χ3v) is 4.52. The van der Waals surface area contributed by atoms with Crippen molar-refractivity contribution in [2.45, 2.75) is 12.5 Å². The van der Waals surface area contributed by atoms with E-state index in [0.717, 1.165) is 18.5 Å². The van der Waals surface area contributed by atoms with E-state index in [-0.39, 0.29) is 6.54 Å². The minimum absolute atomic E-state index is 0.130. The molecule has 1 heterocycles. The molecule has 0 fully saturated rings. The van der Waals surface area contributed by atoms with Gasteiger partial charge in [0.1, 0.15) is 0 Å². The Balaban J connectivity index is 1.57. The number of nitrogens with one attached hydrogen (secondary N) is 2. The number of rotatable bonds is 4. The normalized spacial score (nSPS) is 14.2. The highest BCUT2D eigenvalue weighted by Crippen LogP contribution is 2.29. The summed E-state index contributed by atoms with van der Waals surface area (Å²) in [7, 11) is 2.06. The second kappa shape index (κ2) is 7.11. The van der Waals surface area contributed by atoms with Gasteiger partial charge in [-0.2, -0.15) is 0 Å². The fraction of sp³-hybridized carbons (Fsp3) is 0.278. The Morgan fingerprint density at radius 1 is 1.33 bits per heavy atom. The van der Waals surface area contributed by atoms with E-state index in [0.29, 0.717) is 10.7 Å². The number of benzene rings is 2. The Hall–Kier alpha value is -2.24. The number of anilines is 2. The average Bonchev–Trinajstić information content (AvgIpc) is 2.95. The van der Waals surface area contributed by atoms with Crippen molar-refractivity contribution in [1.82, 2.24) is 5.32 Å². The number of nitrogens with zero attached hydrogens (tertiary/aromatic N) is 1. The van der Waals surface area contributed by atoms with Crippen LogP contribution in [-0.2, 0) is 6.42 Å². The van der Waals surface area contributed by atoms with Crippen molar-refractivity contribution in [3.8, 4) is 0 Å². The molecule has 2 aromatic rings. The molecule has 0 aliphatic carbocycles. The van der Waals surface area contributed by atoms with Crippen LogP contribution in [0.5, 0.6) is 0 Å². The van der Waals surface area contributed by atoms with Crippen LogP contribution in [0, 0.1) is 0 Å². The zero-order chi connectivity index (χ0) is 17.1. The van der Waals surface area contributed by atoms with Gasteiger partial charge in [0, 0.05) is 25.8 Å². The minimum Gasteiger partial charge on any atom is -0.387 e. The second-order valence-electron chi connectivity index (χ2n) is 5.89. The van der Waals surface area contributed by atoms with Gasteiger partial charge in [-0.3, -0.25) is 0 Å². The van der Waals surface area contributed by atoms with Gasteiger partial charge in [0.05, 0.1) is 16.8 Å². The van der Waals surface area contributed by atoms with Crippen LogP contribution in [0.2, 0.25) is 5.02 Å². The first-order valence-corrected chi connectivity index (χ1v) is 8.24. The smallest absolute Gasteiger partial charge is 0.319 e. The molecule has 3 rings (SSSR count). The molecule has 6 heteroatoms. The summed E-state index contributed by atoms with van der Waals surface area (Å²) in [4.78, 5) is 14.1. The van der Waals surface area contributed by atoms with Crippen molar-refractivity contribution in [1.29, 1.82) is 0 Å². The van der Waals surface area contributed by atoms with Crippen molar-refractivity contribution >= 4 is 29.0 Å². The first kappa shape index (κ1) is 16.6. The molecule has 2 amide bonds. The SMILES string of the molecule is CN1CCc2cc([C@@H](O)CNC(=O)Nc3ccccc3Cl)ccc21. The van der Waals surface area contributed by atoms with Crippen LogP contribution >= 0.6 is 11.6 Å². The molecule has 0 spiro atoms. The number of amides is 2. The molecule has 0 saturated heterocycles. The molecule has 1 aliphatic heterocycles.